The van der Waals surface area contributed by atoms with Gasteiger partial charge < -0.3 is 24.4 Å². The molecule has 1 amide bonds. The van der Waals surface area contributed by atoms with Crippen LogP contribution in [0.4, 0.5) is 13.2 Å². The van der Waals surface area contributed by atoms with Crippen molar-refractivity contribution >= 4 is 22.8 Å². The zero-order valence-electron chi connectivity index (χ0n) is 16.5. The van der Waals surface area contributed by atoms with Crippen LogP contribution < -0.4 is 20.6 Å². The molecule has 0 spiro atoms. The Labute approximate surface area is 178 Å². The number of benzene rings is 2. The molecule has 0 unspecified atom stereocenters. The number of alkyl halides is 3. The third-order valence-corrected chi connectivity index (χ3v) is 4.05. The minimum absolute atomic E-state index is 0.0178. The fourth-order valence-electron chi connectivity index (χ4n) is 2.67. The summed E-state index contributed by atoms with van der Waals surface area (Å²) in [7, 11) is 0. The van der Waals surface area contributed by atoms with E-state index in [-0.39, 0.29) is 29.1 Å². The smallest absolute Gasteiger partial charge is 0.453 e. The van der Waals surface area contributed by atoms with Crippen molar-refractivity contribution in [1.29, 1.82) is 0 Å². The number of carbonyl (C=O) groups is 2. The molecule has 32 heavy (non-hydrogen) atoms. The van der Waals surface area contributed by atoms with Crippen molar-refractivity contribution in [2.45, 2.75) is 13.1 Å². The molecule has 0 aliphatic heterocycles. The van der Waals surface area contributed by atoms with E-state index in [0.29, 0.717) is 0 Å². The minimum atomic E-state index is -5.06. The Morgan fingerprint density at radius 1 is 1.06 bits per heavy atom. The van der Waals surface area contributed by atoms with Gasteiger partial charge in [0.25, 0.3) is 11.7 Å². The highest BCUT2D eigenvalue weighted by molar-refractivity contribution is 5.89. The van der Waals surface area contributed by atoms with Gasteiger partial charge in [0.2, 0.25) is 11.2 Å². The highest BCUT2D eigenvalue weighted by atomic mass is 19.4. The molecular weight excluding hydrogens is 435 g/mol. The third kappa shape index (κ3) is 4.99. The molecule has 0 bridgehead atoms. The van der Waals surface area contributed by atoms with Crippen LogP contribution in [-0.4, -0.2) is 25.1 Å². The van der Waals surface area contributed by atoms with E-state index in [1.807, 2.05) is 0 Å². The molecule has 3 aromatic rings. The summed E-state index contributed by atoms with van der Waals surface area (Å²) >= 11 is 0. The first-order valence-electron chi connectivity index (χ1n) is 9.14. The SMILES string of the molecule is CCOC(=O)c1ccc(Oc2c(C(F)(F)F)oc3cc(OCC(N)=O)ccc3c2=O)cc1. The van der Waals surface area contributed by atoms with Crippen LogP contribution in [0.5, 0.6) is 17.2 Å². The normalized spacial score (nSPS) is 11.2. The van der Waals surface area contributed by atoms with Crippen LogP contribution in [0.25, 0.3) is 11.0 Å². The maximum absolute atomic E-state index is 13.6. The Bertz CT molecular complexity index is 1220. The van der Waals surface area contributed by atoms with Gasteiger partial charge in [0.05, 0.1) is 17.6 Å². The number of nitrogens with two attached hydrogens (primary N) is 1. The van der Waals surface area contributed by atoms with E-state index in [1.54, 1.807) is 6.92 Å². The van der Waals surface area contributed by atoms with Crippen molar-refractivity contribution in [2.24, 2.45) is 5.73 Å². The first kappa shape index (κ1) is 22.7. The highest BCUT2D eigenvalue weighted by Gasteiger charge is 2.40. The summed E-state index contributed by atoms with van der Waals surface area (Å²) in [5, 5.41) is -0.206. The van der Waals surface area contributed by atoms with Gasteiger partial charge in [-0.3, -0.25) is 9.59 Å². The zero-order valence-corrected chi connectivity index (χ0v) is 16.5. The predicted molar refractivity (Wildman–Crippen MR) is 105 cm³/mol. The van der Waals surface area contributed by atoms with E-state index in [4.69, 9.17) is 24.4 Å². The topological polar surface area (TPSA) is 118 Å². The molecule has 0 saturated heterocycles. The molecule has 8 nitrogen and oxygen atoms in total. The molecule has 0 radical (unpaired) electrons. The summed E-state index contributed by atoms with van der Waals surface area (Å²) in [4.78, 5) is 35.3. The van der Waals surface area contributed by atoms with Crippen LogP contribution in [0.2, 0.25) is 0 Å². The second-order valence-electron chi connectivity index (χ2n) is 6.35. The average molecular weight is 451 g/mol. The van der Waals surface area contributed by atoms with E-state index in [9.17, 15) is 27.6 Å². The fraction of sp³-hybridized carbons (Fsp3) is 0.190. The third-order valence-electron chi connectivity index (χ3n) is 4.05. The summed E-state index contributed by atoms with van der Waals surface area (Å²) in [5.41, 5.74) is 3.62. The number of carbonyl (C=O) groups excluding carboxylic acids is 2. The molecule has 2 aromatic carbocycles. The van der Waals surface area contributed by atoms with Crippen molar-refractivity contribution in [1.82, 2.24) is 0 Å². The second-order valence-corrected chi connectivity index (χ2v) is 6.35. The highest BCUT2D eigenvalue weighted by Crippen LogP contribution is 2.38. The average Bonchev–Trinajstić information content (AvgIpc) is 2.73. The van der Waals surface area contributed by atoms with Crippen molar-refractivity contribution in [3.05, 3.63) is 64.0 Å². The molecule has 0 aliphatic carbocycles. The monoisotopic (exact) mass is 451 g/mol. The number of primary amides is 1. The number of hydrogen-bond donors (Lipinski definition) is 1. The van der Waals surface area contributed by atoms with E-state index in [1.165, 1.54) is 36.4 Å². The fourth-order valence-corrected chi connectivity index (χ4v) is 2.67. The quantitative estimate of drug-likeness (QED) is 0.545. The molecule has 3 rings (SSSR count). The first-order valence-corrected chi connectivity index (χ1v) is 9.14. The Morgan fingerprint density at radius 3 is 2.31 bits per heavy atom. The zero-order chi connectivity index (χ0) is 23.5. The molecule has 168 valence electrons. The van der Waals surface area contributed by atoms with Gasteiger partial charge in [0.1, 0.15) is 17.1 Å². The lowest BCUT2D eigenvalue weighted by molar-refractivity contribution is -0.154. The maximum Gasteiger partial charge on any atom is 0.453 e. The van der Waals surface area contributed by atoms with Crippen molar-refractivity contribution in [3.8, 4) is 17.2 Å². The lowest BCUT2D eigenvalue weighted by atomic mass is 10.2. The van der Waals surface area contributed by atoms with Gasteiger partial charge in [-0.25, -0.2) is 4.79 Å². The van der Waals surface area contributed by atoms with Crippen LogP contribution in [0.1, 0.15) is 23.0 Å². The Kier molecular flexibility index (Phi) is 6.37. The maximum atomic E-state index is 13.6. The summed E-state index contributed by atoms with van der Waals surface area (Å²) in [5.74, 6) is -4.28. The molecule has 0 fully saturated rings. The minimum Gasteiger partial charge on any atom is -0.484 e. The van der Waals surface area contributed by atoms with Gasteiger partial charge in [0.15, 0.2) is 6.61 Å². The number of amides is 1. The number of esters is 1. The molecule has 2 N–H and O–H groups in total. The van der Waals surface area contributed by atoms with Crippen molar-refractivity contribution < 1.29 is 41.4 Å². The summed E-state index contributed by atoms with van der Waals surface area (Å²) < 4.78 is 60.8. The lowest BCUT2D eigenvalue weighted by Gasteiger charge is -2.14. The van der Waals surface area contributed by atoms with Crippen LogP contribution in [0, 0.1) is 0 Å². The first-order chi connectivity index (χ1) is 15.1. The molecule has 11 heteroatoms. The Balaban J connectivity index is 2.02. The Morgan fingerprint density at radius 2 is 1.72 bits per heavy atom. The molecule has 0 atom stereocenters. The number of hydrogen-bond acceptors (Lipinski definition) is 7. The molecule has 1 heterocycles. The van der Waals surface area contributed by atoms with Gasteiger partial charge in [-0.05, 0) is 43.3 Å². The van der Waals surface area contributed by atoms with Gasteiger partial charge >= 0.3 is 12.1 Å². The van der Waals surface area contributed by atoms with Gasteiger partial charge in [0, 0.05) is 6.07 Å². The predicted octanol–water partition coefficient (Wildman–Crippen LogP) is 3.64. The number of fused-ring (bicyclic) bond motifs is 1. The number of ether oxygens (including phenoxy) is 3. The van der Waals surface area contributed by atoms with Gasteiger partial charge in [-0.2, -0.15) is 13.2 Å². The number of halogens is 3. The molecule has 0 aliphatic rings. The number of rotatable bonds is 7. The molecule has 1 aromatic heterocycles. The lowest BCUT2D eigenvalue weighted by Crippen LogP contribution is -2.20. The van der Waals surface area contributed by atoms with Crippen LogP contribution >= 0.6 is 0 Å². The van der Waals surface area contributed by atoms with Gasteiger partial charge in [-0.15, -0.1) is 0 Å². The Hall–Kier alpha value is -4.02. The van der Waals surface area contributed by atoms with Gasteiger partial charge in [-0.1, -0.05) is 0 Å². The molecular formula is C21H16F3NO7. The largest absolute Gasteiger partial charge is 0.484 e. The summed E-state index contributed by atoms with van der Waals surface area (Å²) in [6, 6.07) is 8.49. The van der Waals surface area contributed by atoms with E-state index in [0.717, 1.165) is 6.07 Å². The summed E-state index contributed by atoms with van der Waals surface area (Å²) in [6.45, 7) is 1.27. The van der Waals surface area contributed by atoms with E-state index < -0.39 is 47.2 Å². The van der Waals surface area contributed by atoms with E-state index >= 15 is 0 Å². The second kappa shape index (κ2) is 9.00. The molecule has 0 saturated carbocycles. The summed E-state index contributed by atoms with van der Waals surface area (Å²) in [6.07, 6.45) is -5.06. The van der Waals surface area contributed by atoms with Crippen molar-refractivity contribution in [2.75, 3.05) is 13.2 Å². The van der Waals surface area contributed by atoms with Crippen LogP contribution in [0.3, 0.4) is 0 Å². The van der Waals surface area contributed by atoms with Crippen LogP contribution in [0.15, 0.2) is 51.7 Å². The van der Waals surface area contributed by atoms with Crippen LogP contribution in [-0.2, 0) is 15.7 Å². The van der Waals surface area contributed by atoms with Crippen molar-refractivity contribution in [3.63, 3.8) is 0 Å². The van der Waals surface area contributed by atoms with E-state index in [2.05, 4.69) is 0 Å². The standard InChI is InChI=1S/C21H16F3NO7/c1-2-29-20(28)11-3-5-12(6-4-11)31-18-17(27)14-8-7-13(30-10-16(25)26)9-15(14)32-19(18)21(22,23)24/h3-9H,2,10H2,1H3,(H2,25,26).